The van der Waals surface area contributed by atoms with Crippen LogP contribution >= 0.6 is 11.6 Å². The molecule has 1 unspecified atom stereocenters. The van der Waals surface area contributed by atoms with Gasteiger partial charge >= 0.3 is 0 Å². The molecular formula is C16H15ClN2O3. The second kappa shape index (κ2) is 6.23. The van der Waals surface area contributed by atoms with Crippen LogP contribution in [0.5, 0.6) is 0 Å². The Balaban J connectivity index is 1.72. The molecule has 114 valence electrons. The minimum Gasteiger partial charge on any atom is -0.467 e. The standard InChI is InChI=1S/C16H15ClN2O3/c17-11-3-5-12(6-4-11)19-14(7-8-15(19)20)16(21)18-10-13-2-1-9-22-13/h1-6,9,14H,7-8,10H2,(H,18,21). The molecule has 1 fully saturated rings. The second-order valence-electron chi connectivity index (χ2n) is 5.09. The first-order valence-corrected chi connectivity index (χ1v) is 7.40. The van der Waals surface area contributed by atoms with Crippen molar-refractivity contribution >= 4 is 29.1 Å². The molecule has 2 amide bonds. The molecule has 3 rings (SSSR count). The summed E-state index contributed by atoms with van der Waals surface area (Å²) in [6.45, 7) is 0.310. The Hall–Kier alpha value is -2.27. The van der Waals surface area contributed by atoms with Crippen LogP contribution in [0.2, 0.25) is 5.02 Å². The number of hydrogen-bond acceptors (Lipinski definition) is 3. The average molecular weight is 319 g/mol. The molecule has 0 aliphatic carbocycles. The van der Waals surface area contributed by atoms with Gasteiger partial charge < -0.3 is 9.73 Å². The van der Waals surface area contributed by atoms with Gasteiger partial charge in [0.1, 0.15) is 11.8 Å². The number of benzene rings is 1. The maximum Gasteiger partial charge on any atom is 0.243 e. The third-order valence-corrected chi connectivity index (χ3v) is 3.89. The van der Waals surface area contributed by atoms with Gasteiger partial charge in [0.05, 0.1) is 12.8 Å². The molecule has 6 heteroatoms. The molecule has 22 heavy (non-hydrogen) atoms. The highest BCUT2D eigenvalue weighted by Crippen LogP contribution is 2.28. The zero-order chi connectivity index (χ0) is 15.5. The van der Waals surface area contributed by atoms with Gasteiger partial charge in [0, 0.05) is 17.1 Å². The molecule has 0 radical (unpaired) electrons. The summed E-state index contributed by atoms with van der Waals surface area (Å²) in [5.41, 5.74) is 0.685. The Bertz CT molecular complexity index is 667. The first kappa shape index (κ1) is 14.7. The van der Waals surface area contributed by atoms with Crippen LogP contribution in [0.25, 0.3) is 0 Å². The SMILES string of the molecule is O=C(NCc1ccco1)C1CCC(=O)N1c1ccc(Cl)cc1. The summed E-state index contributed by atoms with van der Waals surface area (Å²) >= 11 is 5.87. The summed E-state index contributed by atoms with van der Waals surface area (Å²) in [5.74, 6) is 0.438. The molecule has 1 aliphatic rings. The van der Waals surface area contributed by atoms with Gasteiger partial charge in [-0.2, -0.15) is 0 Å². The molecule has 1 atom stereocenters. The number of furan rings is 1. The van der Waals surface area contributed by atoms with Crippen molar-refractivity contribution in [2.24, 2.45) is 0 Å². The van der Waals surface area contributed by atoms with Crippen molar-refractivity contribution < 1.29 is 14.0 Å². The number of halogens is 1. The lowest BCUT2D eigenvalue weighted by atomic mass is 10.2. The summed E-state index contributed by atoms with van der Waals surface area (Å²) in [7, 11) is 0. The van der Waals surface area contributed by atoms with Crippen LogP contribution in [0.3, 0.4) is 0 Å². The van der Waals surface area contributed by atoms with E-state index in [-0.39, 0.29) is 11.8 Å². The van der Waals surface area contributed by atoms with E-state index in [1.165, 1.54) is 4.90 Å². The summed E-state index contributed by atoms with van der Waals surface area (Å²) < 4.78 is 5.18. The lowest BCUT2D eigenvalue weighted by Crippen LogP contribution is -2.44. The lowest BCUT2D eigenvalue weighted by Gasteiger charge is -2.24. The Morgan fingerprint density at radius 3 is 2.77 bits per heavy atom. The van der Waals surface area contributed by atoms with Gasteiger partial charge in [-0.3, -0.25) is 14.5 Å². The Morgan fingerprint density at radius 1 is 1.32 bits per heavy atom. The zero-order valence-corrected chi connectivity index (χ0v) is 12.5. The van der Waals surface area contributed by atoms with Gasteiger partial charge in [0.2, 0.25) is 11.8 Å². The molecule has 0 bridgehead atoms. The van der Waals surface area contributed by atoms with Crippen LogP contribution in [0.1, 0.15) is 18.6 Å². The van der Waals surface area contributed by atoms with Gasteiger partial charge in [-0.1, -0.05) is 11.6 Å². The Kier molecular flexibility index (Phi) is 4.15. The Labute approximate surface area is 132 Å². The van der Waals surface area contributed by atoms with E-state index in [2.05, 4.69) is 5.32 Å². The van der Waals surface area contributed by atoms with E-state index >= 15 is 0 Å². The van der Waals surface area contributed by atoms with Crippen molar-refractivity contribution in [3.63, 3.8) is 0 Å². The molecule has 0 spiro atoms. The molecule has 2 aromatic rings. The maximum atomic E-state index is 12.4. The van der Waals surface area contributed by atoms with E-state index in [9.17, 15) is 9.59 Å². The minimum atomic E-state index is -0.497. The predicted molar refractivity (Wildman–Crippen MR) is 82.5 cm³/mol. The quantitative estimate of drug-likeness (QED) is 0.943. The van der Waals surface area contributed by atoms with Crippen molar-refractivity contribution in [3.8, 4) is 0 Å². The summed E-state index contributed by atoms with van der Waals surface area (Å²) in [5, 5.41) is 3.40. The fourth-order valence-corrected chi connectivity index (χ4v) is 2.69. The van der Waals surface area contributed by atoms with Gasteiger partial charge in [-0.25, -0.2) is 0 Å². The fraction of sp³-hybridized carbons (Fsp3) is 0.250. The van der Waals surface area contributed by atoms with Gasteiger partial charge in [0.15, 0.2) is 0 Å². The van der Waals surface area contributed by atoms with Crippen molar-refractivity contribution in [2.75, 3.05) is 4.90 Å². The molecule has 1 aliphatic heterocycles. The highest BCUT2D eigenvalue weighted by molar-refractivity contribution is 6.30. The number of rotatable bonds is 4. The van der Waals surface area contributed by atoms with Crippen LogP contribution in [0.4, 0.5) is 5.69 Å². The van der Waals surface area contributed by atoms with E-state index in [1.54, 1.807) is 42.7 Å². The summed E-state index contributed by atoms with van der Waals surface area (Å²) in [6.07, 6.45) is 2.42. The first-order chi connectivity index (χ1) is 10.6. The van der Waals surface area contributed by atoms with Crippen LogP contribution in [-0.2, 0) is 16.1 Å². The molecule has 1 saturated heterocycles. The Morgan fingerprint density at radius 2 is 2.09 bits per heavy atom. The smallest absolute Gasteiger partial charge is 0.243 e. The molecule has 0 saturated carbocycles. The molecule has 2 heterocycles. The normalized spacial score (nSPS) is 17.8. The average Bonchev–Trinajstić information content (AvgIpc) is 3.15. The van der Waals surface area contributed by atoms with Gasteiger partial charge in [0.25, 0.3) is 0 Å². The third kappa shape index (κ3) is 2.99. The van der Waals surface area contributed by atoms with Crippen LogP contribution < -0.4 is 10.2 Å². The van der Waals surface area contributed by atoms with E-state index in [1.807, 2.05) is 0 Å². The number of carbonyl (C=O) groups excluding carboxylic acids is 2. The molecular weight excluding hydrogens is 304 g/mol. The van der Waals surface area contributed by atoms with Crippen LogP contribution in [0.15, 0.2) is 47.1 Å². The molecule has 1 aromatic carbocycles. The number of anilines is 1. The maximum absolute atomic E-state index is 12.4. The molecule has 5 nitrogen and oxygen atoms in total. The van der Waals surface area contributed by atoms with Crippen molar-refractivity contribution in [2.45, 2.75) is 25.4 Å². The van der Waals surface area contributed by atoms with Crippen molar-refractivity contribution in [1.82, 2.24) is 5.32 Å². The summed E-state index contributed by atoms with van der Waals surface area (Å²) in [6, 6.07) is 9.97. The highest BCUT2D eigenvalue weighted by Gasteiger charge is 2.36. The van der Waals surface area contributed by atoms with E-state index in [0.29, 0.717) is 35.9 Å². The number of hydrogen-bond donors (Lipinski definition) is 1. The van der Waals surface area contributed by atoms with E-state index in [4.69, 9.17) is 16.0 Å². The third-order valence-electron chi connectivity index (χ3n) is 3.64. The number of nitrogens with zero attached hydrogens (tertiary/aromatic N) is 1. The van der Waals surface area contributed by atoms with Gasteiger partial charge in [-0.15, -0.1) is 0 Å². The zero-order valence-electron chi connectivity index (χ0n) is 11.8. The highest BCUT2D eigenvalue weighted by atomic mass is 35.5. The van der Waals surface area contributed by atoms with E-state index in [0.717, 1.165) is 0 Å². The molecule has 1 aromatic heterocycles. The van der Waals surface area contributed by atoms with Crippen LogP contribution in [-0.4, -0.2) is 17.9 Å². The molecule has 1 N–H and O–H groups in total. The van der Waals surface area contributed by atoms with Gasteiger partial charge in [-0.05, 0) is 42.8 Å². The minimum absolute atomic E-state index is 0.0551. The van der Waals surface area contributed by atoms with Crippen molar-refractivity contribution in [3.05, 3.63) is 53.4 Å². The number of carbonyl (C=O) groups is 2. The van der Waals surface area contributed by atoms with Crippen LogP contribution in [0, 0.1) is 0 Å². The number of amides is 2. The fourth-order valence-electron chi connectivity index (χ4n) is 2.56. The number of nitrogens with one attached hydrogen (secondary N) is 1. The lowest BCUT2D eigenvalue weighted by molar-refractivity contribution is -0.124. The second-order valence-corrected chi connectivity index (χ2v) is 5.53. The predicted octanol–water partition coefficient (Wildman–Crippen LogP) is 2.74. The van der Waals surface area contributed by atoms with Crippen molar-refractivity contribution in [1.29, 1.82) is 0 Å². The largest absolute Gasteiger partial charge is 0.467 e. The topological polar surface area (TPSA) is 62.6 Å². The first-order valence-electron chi connectivity index (χ1n) is 7.03. The monoisotopic (exact) mass is 318 g/mol. The summed E-state index contributed by atoms with van der Waals surface area (Å²) in [4.78, 5) is 26.0. The van der Waals surface area contributed by atoms with E-state index < -0.39 is 6.04 Å².